The molecule has 1 aromatic carbocycles. The van der Waals surface area contributed by atoms with Crippen LogP contribution >= 0.6 is 15.9 Å². The van der Waals surface area contributed by atoms with E-state index in [-0.39, 0.29) is 0 Å². The number of nitrogens with one attached hydrogen (secondary N) is 1. The van der Waals surface area contributed by atoms with Crippen molar-refractivity contribution in [2.75, 3.05) is 18.5 Å². The molecule has 0 saturated carbocycles. The van der Waals surface area contributed by atoms with E-state index in [1.807, 2.05) is 6.20 Å². The Morgan fingerprint density at radius 2 is 2.25 bits per heavy atom. The molecule has 20 heavy (non-hydrogen) atoms. The maximum atomic E-state index is 5.52. The van der Waals surface area contributed by atoms with Gasteiger partial charge in [0.2, 0.25) is 0 Å². The van der Waals surface area contributed by atoms with E-state index in [4.69, 9.17) is 4.74 Å². The molecule has 0 amide bonds. The third-order valence-electron chi connectivity index (χ3n) is 3.52. The van der Waals surface area contributed by atoms with E-state index >= 15 is 0 Å². The van der Waals surface area contributed by atoms with Gasteiger partial charge in [-0.1, -0.05) is 12.1 Å². The van der Waals surface area contributed by atoms with Gasteiger partial charge in [-0.25, -0.2) is 4.98 Å². The van der Waals surface area contributed by atoms with Crippen LogP contribution in [0.15, 0.2) is 34.9 Å². The van der Waals surface area contributed by atoms with Crippen LogP contribution in [0.3, 0.4) is 0 Å². The summed E-state index contributed by atoms with van der Waals surface area (Å²) in [5, 5.41) is 3.37. The zero-order valence-corrected chi connectivity index (χ0v) is 13.0. The molecule has 1 aliphatic heterocycles. The highest BCUT2D eigenvalue weighted by molar-refractivity contribution is 9.10. The number of rotatable bonds is 4. The lowest BCUT2D eigenvalue weighted by Crippen LogP contribution is -2.06. The minimum Gasteiger partial charge on any atom is -0.493 e. The van der Waals surface area contributed by atoms with Gasteiger partial charge in [0.1, 0.15) is 11.6 Å². The standard InChI is InChI=1S/C16H17BrN2O/c1-11-8-16(19-10-14(11)17)18-6-4-12-2-3-15-13(9-12)5-7-20-15/h2-3,8-10H,4-7H2,1H3,(H,18,19). The summed E-state index contributed by atoms with van der Waals surface area (Å²) in [4.78, 5) is 4.35. The number of hydrogen-bond acceptors (Lipinski definition) is 3. The number of ether oxygens (including phenoxy) is 1. The lowest BCUT2D eigenvalue weighted by atomic mass is 10.1. The molecule has 3 nitrogen and oxygen atoms in total. The second kappa shape index (κ2) is 5.83. The quantitative estimate of drug-likeness (QED) is 0.925. The first kappa shape index (κ1) is 13.4. The van der Waals surface area contributed by atoms with Gasteiger partial charge in [0, 0.05) is 23.6 Å². The van der Waals surface area contributed by atoms with Gasteiger partial charge in [0.05, 0.1) is 6.61 Å². The lowest BCUT2D eigenvalue weighted by molar-refractivity contribution is 0.357. The van der Waals surface area contributed by atoms with Crippen LogP contribution in [0.4, 0.5) is 5.82 Å². The summed E-state index contributed by atoms with van der Waals surface area (Å²) in [5.41, 5.74) is 3.87. The van der Waals surface area contributed by atoms with Crippen molar-refractivity contribution in [3.8, 4) is 5.75 Å². The van der Waals surface area contributed by atoms with E-state index in [0.29, 0.717) is 0 Å². The first-order valence-electron chi connectivity index (χ1n) is 6.83. The fourth-order valence-electron chi connectivity index (χ4n) is 2.37. The van der Waals surface area contributed by atoms with Crippen LogP contribution in [0, 0.1) is 6.92 Å². The Balaban J connectivity index is 1.58. The summed E-state index contributed by atoms with van der Waals surface area (Å²) in [6.45, 7) is 3.77. The van der Waals surface area contributed by atoms with Gasteiger partial charge in [-0.15, -0.1) is 0 Å². The van der Waals surface area contributed by atoms with Crippen LogP contribution in [0.25, 0.3) is 0 Å². The molecule has 0 fully saturated rings. The number of hydrogen-bond donors (Lipinski definition) is 1. The summed E-state index contributed by atoms with van der Waals surface area (Å²) < 4.78 is 6.56. The summed E-state index contributed by atoms with van der Waals surface area (Å²) in [5.74, 6) is 1.97. The molecular formula is C16H17BrN2O. The minimum atomic E-state index is 0.819. The summed E-state index contributed by atoms with van der Waals surface area (Å²) in [7, 11) is 0. The van der Waals surface area contributed by atoms with Crippen LogP contribution in [-0.2, 0) is 12.8 Å². The average Bonchev–Trinajstić information content (AvgIpc) is 2.90. The number of anilines is 1. The van der Waals surface area contributed by atoms with E-state index in [1.165, 1.54) is 16.7 Å². The van der Waals surface area contributed by atoms with Gasteiger partial charge >= 0.3 is 0 Å². The lowest BCUT2D eigenvalue weighted by Gasteiger charge is -2.08. The molecule has 0 radical (unpaired) electrons. The maximum absolute atomic E-state index is 5.52. The Labute approximate surface area is 127 Å². The average molecular weight is 333 g/mol. The zero-order valence-electron chi connectivity index (χ0n) is 11.4. The fraction of sp³-hybridized carbons (Fsp3) is 0.312. The van der Waals surface area contributed by atoms with Crippen molar-refractivity contribution in [2.45, 2.75) is 19.8 Å². The first-order valence-corrected chi connectivity index (χ1v) is 7.62. The van der Waals surface area contributed by atoms with Crippen LogP contribution in [0.5, 0.6) is 5.75 Å². The number of halogens is 1. The van der Waals surface area contributed by atoms with E-state index in [2.05, 4.69) is 57.4 Å². The van der Waals surface area contributed by atoms with Crippen molar-refractivity contribution in [1.82, 2.24) is 4.98 Å². The highest BCUT2D eigenvalue weighted by Gasteiger charge is 2.11. The van der Waals surface area contributed by atoms with Gasteiger partial charge in [-0.05, 0) is 58.1 Å². The van der Waals surface area contributed by atoms with E-state index in [9.17, 15) is 0 Å². The van der Waals surface area contributed by atoms with Crippen molar-refractivity contribution >= 4 is 21.7 Å². The Morgan fingerprint density at radius 1 is 1.35 bits per heavy atom. The molecule has 0 bridgehead atoms. The van der Waals surface area contributed by atoms with Gasteiger partial charge in [-0.3, -0.25) is 0 Å². The van der Waals surface area contributed by atoms with Crippen molar-refractivity contribution in [3.63, 3.8) is 0 Å². The number of aromatic nitrogens is 1. The Hall–Kier alpha value is -1.55. The Kier molecular flexibility index (Phi) is 3.92. The molecule has 1 aliphatic rings. The molecule has 1 aromatic heterocycles. The minimum absolute atomic E-state index is 0.819. The monoisotopic (exact) mass is 332 g/mol. The molecule has 0 saturated heterocycles. The van der Waals surface area contributed by atoms with Crippen LogP contribution < -0.4 is 10.1 Å². The highest BCUT2D eigenvalue weighted by atomic mass is 79.9. The molecule has 0 spiro atoms. The van der Waals surface area contributed by atoms with Gasteiger partial charge in [0.25, 0.3) is 0 Å². The number of nitrogens with zero attached hydrogens (tertiary/aromatic N) is 1. The predicted octanol–water partition coefficient (Wildman–Crippen LogP) is 3.74. The topological polar surface area (TPSA) is 34.1 Å². The van der Waals surface area contributed by atoms with Crippen LogP contribution in [-0.4, -0.2) is 18.1 Å². The molecule has 0 atom stereocenters. The van der Waals surface area contributed by atoms with Crippen molar-refractivity contribution in [2.24, 2.45) is 0 Å². The van der Waals surface area contributed by atoms with Crippen LogP contribution in [0.1, 0.15) is 16.7 Å². The SMILES string of the molecule is Cc1cc(NCCc2ccc3c(c2)CCO3)ncc1Br. The second-order valence-electron chi connectivity index (χ2n) is 5.04. The van der Waals surface area contributed by atoms with E-state index in [1.54, 1.807) is 0 Å². The Bertz CT molecular complexity index is 628. The number of benzene rings is 1. The second-order valence-corrected chi connectivity index (χ2v) is 5.89. The molecule has 1 N–H and O–H groups in total. The summed E-state index contributed by atoms with van der Waals surface area (Å²) >= 11 is 3.46. The third kappa shape index (κ3) is 2.96. The third-order valence-corrected chi connectivity index (χ3v) is 4.35. The molecule has 4 heteroatoms. The van der Waals surface area contributed by atoms with E-state index < -0.39 is 0 Å². The normalized spacial score (nSPS) is 12.9. The maximum Gasteiger partial charge on any atom is 0.126 e. The van der Waals surface area contributed by atoms with Gasteiger partial charge in [-0.2, -0.15) is 0 Å². The van der Waals surface area contributed by atoms with Crippen molar-refractivity contribution < 1.29 is 4.74 Å². The predicted molar refractivity (Wildman–Crippen MR) is 84.5 cm³/mol. The Morgan fingerprint density at radius 3 is 3.10 bits per heavy atom. The molecular weight excluding hydrogens is 316 g/mol. The van der Waals surface area contributed by atoms with E-state index in [0.717, 1.165) is 42.0 Å². The molecule has 0 aliphatic carbocycles. The largest absolute Gasteiger partial charge is 0.493 e. The fourth-order valence-corrected chi connectivity index (χ4v) is 2.58. The molecule has 104 valence electrons. The molecule has 2 heterocycles. The highest BCUT2D eigenvalue weighted by Crippen LogP contribution is 2.26. The summed E-state index contributed by atoms with van der Waals surface area (Å²) in [6, 6.07) is 8.54. The van der Waals surface area contributed by atoms with Gasteiger partial charge < -0.3 is 10.1 Å². The summed E-state index contributed by atoms with van der Waals surface area (Å²) in [6.07, 6.45) is 3.86. The smallest absolute Gasteiger partial charge is 0.126 e. The number of pyridine rings is 1. The van der Waals surface area contributed by atoms with Crippen molar-refractivity contribution in [1.29, 1.82) is 0 Å². The van der Waals surface area contributed by atoms with Crippen LogP contribution in [0.2, 0.25) is 0 Å². The van der Waals surface area contributed by atoms with Gasteiger partial charge in [0.15, 0.2) is 0 Å². The zero-order chi connectivity index (χ0) is 13.9. The van der Waals surface area contributed by atoms with Crippen molar-refractivity contribution in [3.05, 3.63) is 51.6 Å². The molecule has 0 unspecified atom stereocenters. The number of fused-ring (bicyclic) bond motifs is 1. The first-order chi connectivity index (χ1) is 9.72. The molecule has 2 aromatic rings. The number of aryl methyl sites for hydroxylation is 1. The molecule has 3 rings (SSSR count).